The van der Waals surface area contributed by atoms with E-state index < -0.39 is 0 Å². The van der Waals surface area contributed by atoms with Crippen molar-refractivity contribution in [3.8, 4) is 5.75 Å². The first kappa shape index (κ1) is 14.6. The van der Waals surface area contributed by atoms with Crippen LogP contribution < -0.4 is 10.1 Å². The topological polar surface area (TPSA) is 21.3 Å². The molecular formula is C18H23NO. The zero-order valence-electron chi connectivity index (χ0n) is 12.6. The van der Waals surface area contributed by atoms with Gasteiger partial charge in [0.15, 0.2) is 0 Å². The fourth-order valence-corrected chi connectivity index (χ4v) is 2.06. The van der Waals surface area contributed by atoms with E-state index in [9.17, 15) is 0 Å². The zero-order valence-corrected chi connectivity index (χ0v) is 12.6. The van der Waals surface area contributed by atoms with Crippen molar-refractivity contribution >= 4 is 0 Å². The third-order valence-corrected chi connectivity index (χ3v) is 3.55. The van der Waals surface area contributed by atoms with Gasteiger partial charge < -0.3 is 10.1 Å². The zero-order chi connectivity index (χ0) is 14.4. The van der Waals surface area contributed by atoms with Crippen LogP contribution in [0, 0.1) is 13.8 Å². The van der Waals surface area contributed by atoms with Crippen LogP contribution in [0.15, 0.2) is 42.5 Å². The molecule has 0 atom stereocenters. The Labute approximate surface area is 121 Å². The first-order valence-corrected chi connectivity index (χ1v) is 7.18. The summed E-state index contributed by atoms with van der Waals surface area (Å²) in [5.41, 5.74) is 4.99. The lowest BCUT2D eigenvalue weighted by Gasteiger charge is -2.11. The molecule has 0 aliphatic heterocycles. The second-order valence-electron chi connectivity index (χ2n) is 5.08. The number of benzene rings is 2. The molecule has 0 unspecified atom stereocenters. The summed E-state index contributed by atoms with van der Waals surface area (Å²) in [7, 11) is 0. The van der Waals surface area contributed by atoms with E-state index in [2.05, 4.69) is 56.4 Å². The minimum absolute atomic E-state index is 0.617. The van der Waals surface area contributed by atoms with Crippen LogP contribution in [0.25, 0.3) is 0 Å². The summed E-state index contributed by atoms with van der Waals surface area (Å²) < 4.78 is 5.91. The maximum Gasteiger partial charge on any atom is 0.122 e. The van der Waals surface area contributed by atoms with Crippen molar-refractivity contribution in [2.45, 2.75) is 33.9 Å². The summed E-state index contributed by atoms with van der Waals surface area (Å²) in [6, 6.07) is 14.8. The van der Waals surface area contributed by atoms with Crippen molar-refractivity contribution in [3.05, 3.63) is 64.7 Å². The van der Waals surface area contributed by atoms with Gasteiger partial charge in [0.05, 0.1) is 0 Å². The van der Waals surface area contributed by atoms with E-state index in [1.807, 2.05) is 12.1 Å². The van der Waals surface area contributed by atoms with Gasteiger partial charge in [0, 0.05) is 6.54 Å². The third kappa shape index (κ3) is 3.84. The molecule has 0 fully saturated rings. The van der Waals surface area contributed by atoms with Gasteiger partial charge in [0.1, 0.15) is 12.4 Å². The minimum atomic E-state index is 0.617. The van der Waals surface area contributed by atoms with Crippen molar-refractivity contribution in [2.24, 2.45) is 0 Å². The van der Waals surface area contributed by atoms with Crippen LogP contribution in [-0.4, -0.2) is 6.54 Å². The van der Waals surface area contributed by atoms with Crippen molar-refractivity contribution in [3.63, 3.8) is 0 Å². The Bertz CT molecular complexity index is 546. The summed E-state index contributed by atoms with van der Waals surface area (Å²) in [6.07, 6.45) is 0. The normalized spacial score (nSPS) is 10.6. The maximum atomic E-state index is 5.91. The molecule has 0 amide bonds. The van der Waals surface area contributed by atoms with Crippen molar-refractivity contribution in [1.82, 2.24) is 5.32 Å². The lowest BCUT2D eigenvalue weighted by atomic mass is 10.1. The lowest BCUT2D eigenvalue weighted by molar-refractivity contribution is 0.304. The summed E-state index contributed by atoms with van der Waals surface area (Å²) in [5, 5.41) is 3.32. The van der Waals surface area contributed by atoms with Crippen LogP contribution in [0.3, 0.4) is 0 Å². The maximum absolute atomic E-state index is 5.91. The molecule has 2 aromatic rings. The molecule has 20 heavy (non-hydrogen) atoms. The monoisotopic (exact) mass is 269 g/mol. The van der Waals surface area contributed by atoms with Crippen molar-refractivity contribution in [1.29, 1.82) is 0 Å². The van der Waals surface area contributed by atoms with E-state index in [0.717, 1.165) is 18.8 Å². The summed E-state index contributed by atoms with van der Waals surface area (Å²) in [6.45, 7) is 8.87. The van der Waals surface area contributed by atoms with Gasteiger partial charge >= 0.3 is 0 Å². The Morgan fingerprint density at radius 3 is 2.35 bits per heavy atom. The predicted octanol–water partition coefficient (Wildman–Crippen LogP) is 3.99. The van der Waals surface area contributed by atoms with Gasteiger partial charge in [-0.15, -0.1) is 0 Å². The molecule has 106 valence electrons. The molecule has 0 aliphatic carbocycles. The Morgan fingerprint density at radius 2 is 1.65 bits per heavy atom. The molecule has 0 saturated carbocycles. The quantitative estimate of drug-likeness (QED) is 0.856. The predicted molar refractivity (Wildman–Crippen MR) is 84.1 cm³/mol. The highest BCUT2D eigenvalue weighted by Gasteiger charge is 2.02. The first-order valence-electron chi connectivity index (χ1n) is 7.18. The van der Waals surface area contributed by atoms with E-state index in [-0.39, 0.29) is 0 Å². The second kappa shape index (κ2) is 7.11. The number of rotatable bonds is 6. The lowest BCUT2D eigenvalue weighted by Crippen LogP contribution is -2.11. The smallest absolute Gasteiger partial charge is 0.122 e. The van der Waals surface area contributed by atoms with E-state index in [1.165, 1.54) is 22.3 Å². The Balaban J connectivity index is 1.95. The number of hydrogen-bond acceptors (Lipinski definition) is 2. The van der Waals surface area contributed by atoms with E-state index in [0.29, 0.717) is 6.61 Å². The molecule has 0 radical (unpaired) electrons. The van der Waals surface area contributed by atoms with Gasteiger partial charge in [-0.3, -0.25) is 0 Å². The van der Waals surface area contributed by atoms with E-state index in [1.54, 1.807) is 0 Å². The Morgan fingerprint density at radius 1 is 0.950 bits per heavy atom. The molecule has 1 N–H and O–H groups in total. The highest BCUT2D eigenvalue weighted by atomic mass is 16.5. The largest absolute Gasteiger partial charge is 0.489 e. The van der Waals surface area contributed by atoms with Gasteiger partial charge in [0.25, 0.3) is 0 Å². The second-order valence-corrected chi connectivity index (χ2v) is 5.08. The minimum Gasteiger partial charge on any atom is -0.489 e. The molecule has 0 aromatic heterocycles. The van der Waals surface area contributed by atoms with Gasteiger partial charge in [-0.05, 0) is 48.7 Å². The number of hydrogen-bond donors (Lipinski definition) is 1. The number of ether oxygens (including phenoxy) is 1. The molecule has 2 aromatic carbocycles. The van der Waals surface area contributed by atoms with Crippen molar-refractivity contribution in [2.75, 3.05) is 6.54 Å². The third-order valence-electron chi connectivity index (χ3n) is 3.55. The SMILES string of the molecule is CCNCc1ccc(COc2cccc(C)c2C)cc1. The number of nitrogens with one attached hydrogen (secondary N) is 1. The van der Waals surface area contributed by atoms with Gasteiger partial charge in [-0.1, -0.05) is 43.3 Å². The van der Waals surface area contributed by atoms with E-state index >= 15 is 0 Å². The van der Waals surface area contributed by atoms with E-state index in [4.69, 9.17) is 4.74 Å². The van der Waals surface area contributed by atoms with Crippen LogP contribution in [0.4, 0.5) is 0 Å². The highest BCUT2D eigenvalue weighted by Crippen LogP contribution is 2.21. The van der Waals surface area contributed by atoms with Gasteiger partial charge in [-0.2, -0.15) is 0 Å². The fourth-order valence-electron chi connectivity index (χ4n) is 2.06. The molecule has 2 nitrogen and oxygen atoms in total. The highest BCUT2D eigenvalue weighted by molar-refractivity contribution is 5.38. The average Bonchev–Trinajstić information content (AvgIpc) is 2.48. The molecule has 0 aliphatic rings. The summed E-state index contributed by atoms with van der Waals surface area (Å²) in [4.78, 5) is 0. The van der Waals surface area contributed by atoms with Crippen LogP contribution in [0.1, 0.15) is 29.2 Å². The average molecular weight is 269 g/mol. The van der Waals surface area contributed by atoms with Crippen LogP contribution in [0.5, 0.6) is 5.75 Å². The standard InChI is InChI=1S/C18H23NO/c1-4-19-12-16-8-10-17(11-9-16)13-20-18-7-5-6-14(2)15(18)3/h5-11,19H,4,12-13H2,1-3H3. The summed E-state index contributed by atoms with van der Waals surface area (Å²) >= 11 is 0. The molecule has 0 heterocycles. The van der Waals surface area contributed by atoms with Crippen LogP contribution in [0.2, 0.25) is 0 Å². The van der Waals surface area contributed by atoms with Crippen molar-refractivity contribution < 1.29 is 4.74 Å². The first-order chi connectivity index (χ1) is 9.70. The molecular weight excluding hydrogens is 246 g/mol. The fraction of sp³-hybridized carbons (Fsp3) is 0.333. The van der Waals surface area contributed by atoms with Gasteiger partial charge in [0.2, 0.25) is 0 Å². The Hall–Kier alpha value is -1.80. The Kier molecular flexibility index (Phi) is 5.19. The summed E-state index contributed by atoms with van der Waals surface area (Å²) in [5.74, 6) is 0.974. The molecule has 0 saturated heterocycles. The molecule has 0 spiro atoms. The van der Waals surface area contributed by atoms with Gasteiger partial charge in [-0.25, -0.2) is 0 Å². The van der Waals surface area contributed by atoms with Crippen LogP contribution >= 0.6 is 0 Å². The van der Waals surface area contributed by atoms with Crippen LogP contribution in [-0.2, 0) is 13.2 Å². The molecule has 0 bridgehead atoms. The molecule has 2 rings (SSSR count). The molecule has 2 heteroatoms. The number of aryl methyl sites for hydroxylation is 1.